The summed E-state index contributed by atoms with van der Waals surface area (Å²) in [5.41, 5.74) is 0.838. The van der Waals surface area contributed by atoms with Crippen LogP contribution in [-0.4, -0.2) is 12.7 Å². The highest BCUT2D eigenvalue weighted by Gasteiger charge is 2.18. The van der Waals surface area contributed by atoms with E-state index in [9.17, 15) is 4.79 Å². The van der Waals surface area contributed by atoms with Gasteiger partial charge in [-0.15, -0.1) is 0 Å². The highest BCUT2D eigenvalue weighted by atomic mass is 35.5. The van der Waals surface area contributed by atoms with Gasteiger partial charge in [-0.1, -0.05) is 17.5 Å². The Hall–Kier alpha value is -1.86. The van der Waals surface area contributed by atoms with E-state index in [2.05, 4.69) is 17.2 Å². The molecular formula is C12H10ClNO3. The molecule has 1 aromatic carbocycles. The molecule has 1 amide bonds. The summed E-state index contributed by atoms with van der Waals surface area (Å²) in [5.74, 6) is 5.75. The Kier molecular flexibility index (Phi) is 3.40. The number of ether oxygens (including phenoxy) is 2. The monoisotopic (exact) mass is 251 g/mol. The minimum absolute atomic E-state index is 0.173. The van der Waals surface area contributed by atoms with E-state index in [0.29, 0.717) is 23.1 Å². The summed E-state index contributed by atoms with van der Waals surface area (Å²) >= 11 is 6.01. The van der Waals surface area contributed by atoms with Gasteiger partial charge in [-0.25, -0.2) is 0 Å². The van der Waals surface area contributed by atoms with Gasteiger partial charge in [-0.3, -0.25) is 4.79 Å². The van der Waals surface area contributed by atoms with Crippen LogP contribution in [0.15, 0.2) is 12.1 Å². The van der Waals surface area contributed by atoms with Crippen LogP contribution in [-0.2, 0) is 11.3 Å². The maximum absolute atomic E-state index is 11.2. The van der Waals surface area contributed by atoms with Crippen LogP contribution < -0.4 is 14.8 Å². The summed E-state index contributed by atoms with van der Waals surface area (Å²) < 4.78 is 10.4. The third kappa shape index (κ3) is 2.63. The van der Waals surface area contributed by atoms with Gasteiger partial charge in [-0.05, 0) is 30.5 Å². The molecule has 0 saturated heterocycles. The Bertz CT molecular complexity index is 516. The van der Waals surface area contributed by atoms with Gasteiger partial charge in [0.1, 0.15) is 0 Å². The van der Waals surface area contributed by atoms with Crippen LogP contribution >= 0.6 is 11.6 Å². The van der Waals surface area contributed by atoms with Gasteiger partial charge in [0.15, 0.2) is 11.5 Å². The molecule has 0 aliphatic carbocycles. The number of halogens is 1. The second-order valence-corrected chi connectivity index (χ2v) is 3.78. The standard InChI is InChI=1S/C12H10ClNO3/c1-2-3-11(15)14-6-8-4-9(13)12-10(5-8)16-7-17-12/h4-5H,6-7H2,1H3,(H,14,15). The number of nitrogens with one attached hydrogen (secondary N) is 1. The van der Waals surface area contributed by atoms with Crippen molar-refractivity contribution in [1.29, 1.82) is 0 Å². The highest BCUT2D eigenvalue weighted by Crippen LogP contribution is 2.39. The molecule has 1 aromatic rings. The van der Waals surface area contributed by atoms with Gasteiger partial charge in [-0.2, -0.15) is 0 Å². The lowest BCUT2D eigenvalue weighted by atomic mass is 10.2. The van der Waals surface area contributed by atoms with Crippen molar-refractivity contribution in [3.8, 4) is 23.3 Å². The molecule has 1 aliphatic heterocycles. The molecule has 1 aliphatic rings. The van der Waals surface area contributed by atoms with Crippen molar-refractivity contribution in [2.45, 2.75) is 13.5 Å². The first kappa shape index (κ1) is 11.6. The first-order valence-corrected chi connectivity index (χ1v) is 5.37. The molecule has 1 N–H and O–H groups in total. The molecule has 1 heterocycles. The minimum atomic E-state index is -0.318. The molecule has 0 saturated carbocycles. The molecule has 0 atom stereocenters. The normalized spacial score (nSPS) is 11.6. The summed E-state index contributed by atoms with van der Waals surface area (Å²) in [6, 6.07) is 3.52. The molecule has 0 aromatic heterocycles. The van der Waals surface area contributed by atoms with E-state index < -0.39 is 0 Å². The summed E-state index contributed by atoms with van der Waals surface area (Å²) in [7, 11) is 0. The van der Waals surface area contributed by atoms with Crippen LogP contribution in [0, 0.1) is 11.8 Å². The fraction of sp³-hybridized carbons (Fsp3) is 0.250. The zero-order valence-electron chi connectivity index (χ0n) is 9.17. The van der Waals surface area contributed by atoms with Gasteiger partial charge < -0.3 is 14.8 Å². The van der Waals surface area contributed by atoms with Crippen LogP contribution in [0.25, 0.3) is 0 Å². The Labute approximate surface area is 104 Å². The second kappa shape index (κ2) is 4.98. The SMILES string of the molecule is CC#CC(=O)NCc1cc(Cl)c2c(c1)OCO2. The van der Waals surface area contributed by atoms with Crippen molar-refractivity contribution in [2.24, 2.45) is 0 Å². The largest absolute Gasteiger partial charge is 0.454 e. The van der Waals surface area contributed by atoms with Crippen LogP contribution in [0.4, 0.5) is 0 Å². The number of hydrogen-bond acceptors (Lipinski definition) is 3. The molecule has 5 heteroatoms. The first-order chi connectivity index (χ1) is 8.20. The van der Waals surface area contributed by atoms with E-state index in [1.165, 1.54) is 0 Å². The zero-order valence-corrected chi connectivity index (χ0v) is 9.93. The Morgan fingerprint density at radius 1 is 1.53 bits per heavy atom. The minimum Gasteiger partial charge on any atom is -0.454 e. The number of amides is 1. The van der Waals surface area contributed by atoms with Crippen LogP contribution in [0.3, 0.4) is 0 Å². The third-order valence-corrected chi connectivity index (χ3v) is 2.46. The third-order valence-electron chi connectivity index (χ3n) is 2.18. The van der Waals surface area contributed by atoms with Gasteiger partial charge in [0.2, 0.25) is 6.79 Å². The van der Waals surface area contributed by atoms with Gasteiger partial charge in [0, 0.05) is 6.54 Å². The van der Waals surface area contributed by atoms with E-state index in [-0.39, 0.29) is 12.7 Å². The number of hydrogen-bond donors (Lipinski definition) is 1. The molecule has 88 valence electrons. The molecule has 2 rings (SSSR count). The fourth-order valence-corrected chi connectivity index (χ4v) is 1.75. The number of rotatable bonds is 2. The Balaban J connectivity index is 2.09. The molecule has 0 bridgehead atoms. The summed E-state index contributed by atoms with van der Waals surface area (Å²) in [4.78, 5) is 11.2. The number of carbonyl (C=O) groups excluding carboxylic acids is 1. The maximum atomic E-state index is 11.2. The molecule has 17 heavy (non-hydrogen) atoms. The topological polar surface area (TPSA) is 47.6 Å². The molecule has 0 fully saturated rings. The number of benzene rings is 1. The van der Waals surface area contributed by atoms with E-state index in [1.54, 1.807) is 19.1 Å². The predicted molar refractivity (Wildman–Crippen MR) is 62.9 cm³/mol. The average molecular weight is 252 g/mol. The van der Waals surface area contributed by atoms with E-state index in [1.807, 2.05) is 0 Å². The molecule has 0 radical (unpaired) electrons. The summed E-state index contributed by atoms with van der Waals surface area (Å²) in [6.45, 7) is 2.13. The summed E-state index contributed by atoms with van der Waals surface area (Å²) in [5, 5.41) is 3.13. The van der Waals surface area contributed by atoms with Crippen LogP contribution in [0.5, 0.6) is 11.5 Å². The van der Waals surface area contributed by atoms with Gasteiger partial charge >= 0.3 is 0 Å². The smallest absolute Gasteiger partial charge is 0.296 e. The lowest BCUT2D eigenvalue weighted by Gasteiger charge is -2.05. The van der Waals surface area contributed by atoms with Gasteiger partial charge in [0.25, 0.3) is 5.91 Å². The van der Waals surface area contributed by atoms with Crippen molar-refractivity contribution in [3.05, 3.63) is 22.7 Å². The van der Waals surface area contributed by atoms with E-state index >= 15 is 0 Å². The molecule has 0 spiro atoms. The van der Waals surface area contributed by atoms with E-state index in [4.69, 9.17) is 21.1 Å². The van der Waals surface area contributed by atoms with Crippen molar-refractivity contribution in [1.82, 2.24) is 5.32 Å². The lowest BCUT2D eigenvalue weighted by molar-refractivity contribution is -0.115. The second-order valence-electron chi connectivity index (χ2n) is 3.37. The summed E-state index contributed by atoms with van der Waals surface area (Å²) in [6.07, 6.45) is 0. The van der Waals surface area contributed by atoms with Gasteiger partial charge in [0.05, 0.1) is 5.02 Å². The zero-order chi connectivity index (χ0) is 12.3. The first-order valence-electron chi connectivity index (χ1n) is 4.99. The molecule has 4 nitrogen and oxygen atoms in total. The average Bonchev–Trinajstić information content (AvgIpc) is 2.75. The van der Waals surface area contributed by atoms with Crippen molar-refractivity contribution in [3.63, 3.8) is 0 Å². The highest BCUT2D eigenvalue weighted by molar-refractivity contribution is 6.32. The van der Waals surface area contributed by atoms with Crippen LogP contribution in [0.1, 0.15) is 12.5 Å². The number of carbonyl (C=O) groups is 1. The number of fused-ring (bicyclic) bond motifs is 1. The van der Waals surface area contributed by atoms with Crippen molar-refractivity contribution >= 4 is 17.5 Å². The Morgan fingerprint density at radius 2 is 2.35 bits per heavy atom. The predicted octanol–water partition coefficient (Wildman–Crippen LogP) is 1.71. The molecule has 0 unspecified atom stereocenters. The lowest BCUT2D eigenvalue weighted by Crippen LogP contribution is -2.20. The quantitative estimate of drug-likeness (QED) is 0.814. The van der Waals surface area contributed by atoms with E-state index in [0.717, 1.165) is 5.56 Å². The van der Waals surface area contributed by atoms with Crippen molar-refractivity contribution < 1.29 is 14.3 Å². The van der Waals surface area contributed by atoms with Crippen LogP contribution in [0.2, 0.25) is 5.02 Å². The maximum Gasteiger partial charge on any atom is 0.296 e. The molecular weight excluding hydrogens is 242 g/mol. The fourth-order valence-electron chi connectivity index (χ4n) is 1.46. The Morgan fingerprint density at radius 3 is 3.12 bits per heavy atom. The van der Waals surface area contributed by atoms with Crippen molar-refractivity contribution in [2.75, 3.05) is 6.79 Å².